The zero-order chi connectivity index (χ0) is 17.8. The number of nitrogens with one attached hydrogen (secondary N) is 1. The van der Waals surface area contributed by atoms with Crippen molar-refractivity contribution in [2.75, 3.05) is 13.6 Å². The van der Waals surface area contributed by atoms with Crippen LogP contribution in [0.3, 0.4) is 0 Å². The van der Waals surface area contributed by atoms with Crippen LogP contribution in [0.25, 0.3) is 0 Å². The molecule has 132 valence electrons. The minimum absolute atomic E-state index is 0.0258. The lowest BCUT2D eigenvalue weighted by atomic mass is 10.1. The standard InChI is InChI=1S/C19H23FN4O/c1-13-21-11-15(19(23-13)17-8-5-9-24(17)2)12-22-18(25)10-14-6-3-4-7-16(14)20/h3-4,6-7,11,17H,5,8-10,12H2,1-2H3,(H,22,25)/t17-/m1/s1. The number of halogens is 1. The summed E-state index contributed by atoms with van der Waals surface area (Å²) in [7, 11) is 2.09. The van der Waals surface area contributed by atoms with Gasteiger partial charge in [-0.05, 0) is 45.0 Å². The first kappa shape index (κ1) is 17.5. The third kappa shape index (κ3) is 4.20. The molecule has 1 atom stereocenters. The largest absolute Gasteiger partial charge is 0.352 e. The molecule has 1 aliphatic heterocycles. The molecule has 1 amide bonds. The van der Waals surface area contributed by atoms with E-state index in [-0.39, 0.29) is 24.2 Å². The summed E-state index contributed by atoms with van der Waals surface area (Å²) >= 11 is 0. The summed E-state index contributed by atoms with van der Waals surface area (Å²) in [5.74, 6) is 0.165. The van der Waals surface area contributed by atoms with Crippen molar-refractivity contribution in [2.45, 2.75) is 38.8 Å². The number of aromatic nitrogens is 2. The van der Waals surface area contributed by atoms with Gasteiger partial charge in [0.25, 0.3) is 0 Å². The minimum atomic E-state index is -0.357. The second-order valence-electron chi connectivity index (χ2n) is 6.51. The molecule has 3 rings (SSSR count). The lowest BCUT2D eigenvalue weighted by Crippen LogP contribution is -2.27. The van der Waals surface area contributed by atoms with E-state index < -0.39 is 0 Å². The molecule has 0 aliphatic carbocycles. The first-order valence-corrected chi connectivity index (χ1v) is 8.57. The Kier molecular flexibility index (Phi) is 5.38. The molecule has 1 fully saturated rings. The highest BCUT2D eigenvalue weighted by Crippen LogP contribution is 2.31. The number of carbonyl (C=O) groups excluding carboxylic acids is 1. The van der Waals surface area contributed by atoms with Crippen LogP contribution in [0.1, 0.15) is 41.5 Å². The Labute approximate surface area is 147 Å². The van der Waals surface area contributed by atoms with Gasteiger partial charge >= 0.3 is 0 Å². The molecular weight excluding hydrogens is 319 g/mol. The van der Waals surface area contributed by atoms with Crippen molar-refractivity contribution >= 4 is 5.91 Å². The SMILES string of the molecule is Cc1ncc(CNC(=O)Cc2ccccc2F)c([C@H]2CCCN2C)n1. The molecule has 5 nitrogen and oxygen atoms in total. The maximum absolute atomic E-state index is 13.7. The summed E-state index contributed by atoms with van der Waals surface area (Å²) in [5.41, 5.74) is 2.31. The van der Waals surface area contributed by atoms with Crippen LogP contribution in [0, 0.1) is 12.7 Å². The van der Waals surface area contributed by atoms with E-state index in [2.05, 4.69) is 27.2 Å². The van der Waals surface area contributed by atoms with E-state index in [1.807, 2.05) is 6.92 Å². The second-order valence-corrected chi connectivity index (χ2v) is 6.51. The molecule has 1 aliphatic rings. The summed E-state index contributed by atoms with van der Waals surface area (Å²) in [6.45, 7) is 3.28. The fourth-order valence-electron chi connectivity index (χ4n) is 3.26. The van der Waals surface area contributed by atoms with Crippen molar-refractivity contribution in [1.29, 1.82) is 0 Å². The first-order chi connectivity index (χ1) is 12.0. The van der Waals surface area contributed by atoms with Crippen molar-refractivity contribution < 1.29 is 9.18 Å². The van der Waals surface area contributed by atoms with E-state index >= 15 is 0 Å². The van der Waals surface area contributed by atoms with Crippen molar-refractivity contribution in [3.63, 3.8) is 0 Å². The van der Waals surface area contributed by atoms with E-state index in [1.165, 1.54) is 6.07 Å². The number of likely N-dealkylation sites (tertiary alicyclic amines) is 1. The van der Waals surface area contributed by atoms with Crippen LogP contribution in [0.5, 0.6) is 0 Å². The molecule has 0 saturated carbocycles. The average Bonchev–Trinajstić information content (AvgIpc) is 3.01. The van der Waals surface area contributed by atoms with Gasteiger partial charge in [-0.3, -0.25) is 9.69 Å². The van der Waals surface area contributed by atoms with Crippen molar-refractivity contribution in [3.05, 3.63) is 58.9 Å². The zero-order valence-electron chi connectivity index (χ0n) is 14.6. The topological polar surface area (TPSA) is 58.1 Å². The van der Waals surface area contributed by atoms with Crippen LogP contribution in [-0.2, 0) is 17.8 Å². The van der Waals surface area contributed by atoms with Crippen molar-refractivity contribution in [1.82, 2.24) is 20.2 Å². The summed E-state index contributed by atoms with van der Waals surface area (Å²) in [4.78, 5) is 23.3. The van der Waals surface area contributed by atoms with Crippen LogP contribution in [0.15, 0.2) is 30.5 Å². The Morgan fingerprint density at radius 1 is 1.36 bits per heavy atom. The summed E-state index contributed by atoms with van der Waals surface area (Å²) < 4.78 is 13.7. The first-order valence-electron chi connectivity index (χ1n) is 8.57. The van der Waals surface area contributed by atoms with E-state index in [1.54, 1.807) is 24.4 Å². The molecular formula is C19H23FN4O. The third-order valence-electron chi connectivity index (χ3n) is 4.64. The van der Waals surface area contributed by atoms with E-state index in [0.717, 1.165) is 36.5 Å². The van der Waals surface area contributed by atoms with Gasteiger partial charge in [0.15, 0.2) is 0 Å². The van der Waals surface area contributed by atoms with Gasteiger partial charge in [-0.2, -0.15) is 0 Å². The lowest BCUT2D eigenvalue weighted by molar-refractivity contribution is -0.120. The van der Waals surface area contributed by atoms with Crippen molar-refractivity contribution in [2.24, 2.45) is 0 Å². The number of benzene rings is 1. The summed E-state index contributed by atoms with van der Waals surface area (Å²) in [5, 5.41) is 2.87. The van der Waals surface area contributed by atoms with Crippen LogP contribution in [0.4, 0.5) is 4.39 Å². The number of nitrogens with zero attached hydrogens (tertiary/aromatic N) is 3. The van der Waals surface area contributed by atoms with Gasteiger partial charge in [-0.25, -0.2) is 14.4 Å². The molecule has 1 aromatic carbocycles. The molecule has 0 spiro atoms. The number of hydrogen-bond acceptors (Lipinski definition) is 4. The normalized spacial score (nSPS) is 17.6. The quantitative estimate of drug-likeness (QED) is 0.907. The molecule has 0 bridgehead atoms. The fourth-order valence-corrected chi connectivity index (χ4v) is 3.26. The van der Waals surface area contributed by atoms with Crippen molar-refractivity contribution in [3.8, 4) is 0 Å². The van der Waals surface area contributed by atoms with Crippen LogP contribution < -0.4 is 5.32 Å². The molecule has 1 N–H and O–H groups in total. The monoisotopic (exact) mass is 342 g/mol. The van der Waals surface area contributed by atoms with Gasteiger partial charge in [0.05, 0.1) is 18.2 Å². The highest BCUT2D eigenvalue weighted by atomic mass is 19.1. The molecule has 1 saturated heterocycles. The summed E-state index contributed by atoms with van der Waals surface area (Å²) in [6, 6.07) is 6.60. The molecule has 0 unspecified atom stereocenters. The molecule has 25 heavy (non-hydrogen) atoms. The Bertz CT molecular complexity index is 765. The Morgan fingerprint density at radius 3 is 2.88 bits per heavy atom. The maximum atomic E-state index is 13.7. The van der Waals surface area contributed by atoms with Crippen LogP contribution in [-0.4, -0.2) is 34.4 Å². The second kappa shape index (κ2) is 7.70. The minimum Gasteiger partial charge on any atom is -0.352 e. The number of aryl methyl sites for hydroxylation is 1. The van der Waals surface area contributed by atoms with Gasteiger partial charge in [0.1, 0.15) is 11.6 Å². The fraction of sp³-hybridized carbons (Fsp3) is 0.421. The van der Waals surface area contributed by atoms with Gasteiger partial charge in [0, 0.05) is 18.3 Å². The van der Waals surface area contributed by atoms with E-state index in [4.69, 9.17) is 0 Å². The average molecular weight is 342 g/mol. The molecule has 2 aromatic rings. The third-order valence-corrected chi connectivity index (χ3v) is 4.64. The zero-order valence-corrected chi connectivity index (χ0v) is 14.6. The maximum Gasteiger partial charge on any atom is 0.224 e. The van der Waals surface area contributed by atoms with E-state index in [0.29, 0.717) is 12.1 Å². The number of amides is 1. The van der Waals surface area contributed by atoms with Crippen LogP contribution in [0.2, 0.25) is 0 Å². The van der Waals surface area contributed by atoms with Crippen LogP contribution >= 0.6 is 0 Å². The highest BCUT2D eigenvalue weighted by Gasteiger charge is 2.26. The molecule has 6 heteroatoms. The van der Waals surface area contributed by atoms with Gasteiger partial charge in [0.2, 0.25) is 5.91 Å². The summed E-state index contributed by atoms with van der Waals surface area (Å²) in [6.07, 6.45) is 4.01. The Morgan fingerprint density at radius 2 is 2.16 bits per heavy atom. The molecule has 2 heterocycles. The molecule has 0 radical (unpaired) electrons. The van der Waals surface area contributed by atoms with E-state index in [9.17, 15) is 9.18 Å². The smallest absolute Gasteiger partial charge is 0.224 e. The number of rotatable bonds is 5. The van der Waals surface area contributed by atoms with Gasteiger partial charge in [-0.15, -0.1) is 0 Å². The predicted octanol–water partition coefficient (Wildman–Crippen LogP) is 2.55. The lowest BCUT2D eigenvalue weighted by Gasteiger charge is -2.21. The predicted molar refractivity (Wildman–Crippen MR) is 93.3 cm³/mol. The molecule has 1 aromatic heterocycles. The number of hydrogen-bond donors (Lipinski definition) is 1. The Balaban J connectivity index is 1.68. The highest BCUT2D eigenvalue weighted by molar-refractivity contribution is 5.78. The number of carbonyl (C=O) groups is 1. The van der Waals surface area contributed by atoms with Gasteiger partial charge < -0.3 is 5.32 Å². The van der Waals surface area contributed by atoms with Gasteiger partial charge in [-0.1, -0.05) is 18.2 Å². The Hall–Kier alpha value is -2.34.